The molecule has 0 saturated carbocycles. The molecule has 6 heterocycles. The van der Waals surface area contributed by atoms with Crippen molar-refractivity contribution in [3.63, 3.8) is 0 Å². The van der Waals surface area contributed by atoms with Gasteiger partial charge < -0.3 is 18.7 Å². The Morgan fingerprint density at radius 1 is 0.438 bits per heavy atom. The van der Waals surface area contributed by atoms with Crippen LogP contribution < -0.4 is 50.3 Å². The fourth-order valence-electron chi connectivity index (χ4n) is 8.73. The summed E-state index contributed by atoms with van der Waals surface area (Å²) in [5.74, 6) is 1.78. The number of halogens is 1. The third-order valence-corrected chi connectivity index (χ3v) is 12.7. The Morgan fingerprint density at radius 3 is 1.43 bits per heavy atom. The molecule has 0 atom stereocenters. The third kappa shape index (κ3) is 16.1. The fraction of sp³-hybridized carbons (Fsp3) is 0.125. The maximum Gasteiger partial charge on any atom is 1.00 e. The average Bonchev–Trinajstić information content (AvgIpc) is 3.49. The van der Waals surface area contributed by atoms with Gasteiger partial charge in [-0.2, -0.15) is 0 Å². The summed E-state index contributed by atoms with van der Waals surface area (Å²) in [4.78, 5) is 54.8. The normalized spacial score (nSPS) is 11.0. The molecule has 4 aromatic carbocycles. The Kier molecular flexibility index (Phi) is 19.6. The molecule has 12 rings (SSSR count). The number of rotatable bonds is 16. The molecule has 2 aliphatic carbocycles. The van der Waals surface area contributed by atoms with Crippen molar-refractivity contribution in [3.05, 3.63) is 284 Å². The zero-order chi connectivity index (χ0) is 54.2. The first-order chi connectivity index (χ1) is 38.7. The van der Waals surface area contributed by atoms with Crippen molar-refractivity contribution in [1.29, 1.82) is 0 Å². The van der Waals surface area contributed by atoms with Gasteiger partial charge in [0.05, 0.1) is 40.0 Å². The quantitative estimate of drug-likeness (QED) is 0.0510. The van der Waals surface area contributed by atoms with Gasteiger partial charge in [0.1, 0.15) is 34.8 Å². The molecule has 0 spiro atoms. The molecule has 0 radical (unpaired) electrons. The Morgan fingerprint density at radius 2 is 0.900 bits per heavy atom. The summed E-state index contributed by atoms with van der Waals surface area (Å²) >= 11 is 5.91. The minimum absolute atomic E-state index is 0. The van der Waals surface area contributed by atoms with Crippen LogP contribution in [0.1, 0.15) is 45.3 Å². The van der Waals surface area contributed by atoms with Crippen LogP contribution in [0.5, 0.6) is 11.5 Å². The van der Waals surface area contributed by atoms with Crippen molar-refractivity contribution in [1.82, 2.24) is 39.7 Å². The Labute approximate surface area is 489 Å². The molecule has 4 aliphatic rings. The van der Waals surface area contributed by atoms with Crippen LogP contribution in [0.2, 0.25) is 0 Å². The molecule has 8 aromatic rings. The van der Waals surface area contributed by atoms with Crippen molar-refractivity contribution in [3.8, 4) is 34.4 Å². The summed E-state index contributed by atoms with van der Waals surface area (Å²) in [6.07, 6.45) is 3.66. The molecule has 0 unspecified atom stereocenters. The van der Waals surface area contributed by atoms with Gasteiger partial charge in [0.2, 0.25) is 0 Å². The van der Waals surface area contributed by atoms with E-state index in [0.717, 1.165) is 66.9 Å². The van der Waals surface area contributed by atoms with Gasteiger partial charge in [0.25, 0.3) is 0 Å². The summed E-state index contributed by atoms with van der Waals surface area (Å²) in [6.45, 7) is 4.88. The Hall–Kier alpha value is -8.47. The van der Waals surface area contributed by atoms with E-state index >= 15 is 0 Å². The molecule has 392 valence electrons. The largest absolute Gasteiger partial charge is 1.00 e. The van der Waals surface area contributed by atoms with E-state index in [1.807, 2.05) is 103 Å². The molecule has 0 amide bonds. The first kappa shape index (κ1) is 56.3. The van der Waals surface area contributed by atoms with Crippen LogP contribution in [0.25, 0.3) is 45.1 Å². The van der Waals surface area contributed by atoms with Crippen LogP contribution in [0.4, 0.5) is 0 Å². The van der Waals surface area contributed by atoms with Crippen molar-refractivity contribution in [2.45, 2.75) is 51.8 Å². The van der Waals surface area contributed by atoms with Crippen molar-refractivity contribution in [2.24, 2.45) is 0 Å². The van der Waals surface area contributed by atoms with Crippen molar-refractivity contribution < 1.29 is 48.2 Å². The molecule has 4 aromatic heterocycles. The number of alkyl halides is 1. The molecule has 80 heavy (non-hydrogen) atoms. The first-order valence-corrected chi connectivity index (χ1v) is 26.0. The topological polar surface area (TPSA) is 177 Å². The SMILES string of the molecule is ClCc1cccc(CN(Cc2ccccc2)Cc2ccccn2)n1.O=c1ccc2nc3ccc(OCc4cccc(CN(Cc5ccccc5)Cc5ccccn5)n4)cc3oc-2c1.O=c1ccc2nc3ccc([O-])cc3oc-2c1.[Na+]. The molecule has 0 fully saturated rings. The van der Waals surface area contributed by atoms with Gasteiger partial charge in [-0.15, -0.1) is 17.4 Å². The molecular formula is C64H52ClN8NaO6. The van der Waals surface area contributed by atoms with Gasteiger partial charge in [-0.25, -0.2) is 9.97 Å². The maximum atomic E-state index is 11.7. The molecule has 0 saturated heterocycles. The molecule has 14 nitrogen and oxygen atoms in total. The van der Waals surface area contributed by atoms with Crippen LogP contribution in [0.3, 0.4) is 0 Å². The number of aromatic nitrogens is 6. The number of nitrogens with zero attached hydrogens (tertiary/aromatic N) is 8. The fourth-order valence-corrected chi connectivity index (χ4v) is 8.87. The summed E-state index contributed by atoms with van der Waals surface area (Å²) in [5, 5.41) is 11.1. The molecule has 16 heteroatoms. The predicted octanol–water partition coefficient (Wildman–Crippen LogP) is 8.65. The van der Waals surface area contributed by atoms with E-state index in [4.69, 9.17) is 30.2 Å². The zero-order valence-electron chi connectivity index (χ0n) is 43.8. The standard InChI is InChI=1S/C32H26N4O3.C20H20ClN3.C12H7NO3.Na/c37-27-12-14-29-31(17-27)39-32-18-28(13-15-30(32)35-29)38-22-26-11-6-10-25(34-26)21-36(19-23-7-2-1-3-8-23)20-24-9-4-5-16-33-24;21-13-18-10-6-11-20(23-18)16-24(14-17-7-2-1-3-8-17)15-19-9-4-5-12-22-19;14-7-1-3-9-11(5-7)16-12-6-8(15)2-4-10(12)13-9;/h1-18H,19-22H2;1-12H,13-16H2;1-6,14H;/q;;;+1/p-1. The van der Waals surface area contributed by atoms with Gasteiger partial charge in [0, 0.05) is 69.9 Å². The van der Waals surface area contributed by atoms with Crippen molar-refractivity contribution >= 4 is 33.8 Å². The molecule has 0 bridgehead atoms. The van der Waals surface area contributed by atoms with E-state index in [-0.39, 0.29) is 46.2 Å². The van der Waals surface area contributed by atoms with Crippen molar-refractivity contribution in [2.75, 3.05) is 0 Å². The number of benzene rings is 6. The van der Waals surface area contributed by atoms with Crippen LogP contribution in [-0.2, 0) is 51.8 Å². The Bertz CT molecular complexity index is 3870. The summed E-state index contributed by atoms with van der Waals surface area (Å²) in [5.41, 5.74) is 11.5. The van der Waals surface area contributed by atoms with E-state index in [1.165, 1.54) is 47.5 Å². The van der Waals surface area contributed by atoms with E-state index in [0.29, 0.717) is 69.9 Å². The van der Waals surface area contributed by atoms with Crippen LogP contribution in [0, 0.1) is 0 Å². The number of pyridine rings is 4. The Balaban J connectivity index is 0.000000160. The molecule has 0 N–H and O–H groups in total. The second-order valence-corrected chi connectivity index (χ2v) is 18.8. The number of fused-ring (bicyclic) bond motifs is 4. The number of hydrogen-bond donors (Lipinski definition) is 0. The van der Waals surface area contributed by atoms with Gasteiger partial charge in [0.15, 0.2) is 33.5 Å². The van der Waals surface area contributed by atoms with Crippen LogP contribution in [0.15, 0.2) is 237 Å². The smallest absolute Gasteiger partial charge is 0.872 e. The van der Waals surface area contributed by atoms with E-state index in [2.05, 4.69) is 89.3 Å². The maximum absolute atomic E-state index is 11.7. The monoisotopic (exact) mass is 1090 g/mol. The third-order valence-electron chi connectivity index (χ3n) is 12.4. The van der Waals surface area contributed by atoms with Gasteiger partial charge >= 0.3 is 29.6 Å². The summed E-state index contributed by atoms with van der Waals surface area (Å²) in [7, 11) is 0. The van der Waals surface area contributed by atoms with Gasteiger partial charge in [-0.1, -0.05) is 91.0 Å². The summed E-state index contributed by atoms with van der Waals surface area (Å²) < 4.78 is 17.4. The van der Waals surface area contributed by atoms with E-state index in [1.54, 1.807) is 24.3 Å². The second-order valence-electron chi connectivity index (χ2n) is 18.5. The summed E-state index contributed by atoms with van der Waals surface area (Å²) in [6, 6.07) is 63.8. The van der Waals surface area contributed by atoms with Crippen LogP contribution in [-0.4, -0.2) is 39.7 Å². The minimum Gasteiger partial charge on any atom is -0.872 e. The zero-order valence-corrected chi connectivity index (χ0v) is 46.6. The van der Waals surface area contributed by atoms with Crippen LogP contribution >= 0.6 is 11.6 Å². The number of ether oxygens (including phenoxy) is 1. The first-order valence-electron chi connectivity index (χ1n) is 25.5. The minimum atomic E-state index is -0.143. The average molecular weight is 1090 g/mol. The second kappa shape index (κ2) is 27.9. The molecule has 2 aliphatic heterocycles. The number of hydrogen-bond acceptors (Lipinski definition) is 14. The van der Waals surface area contributed by atoms with Gasteiger partial charge in [-0.05, 0) is 108 Å². The van der Waals surface area contributed by atoms with E-state index in [9.17, 15) is 14.7 Å². The predicted molar refractivity (Wildman–Crippen MR) is 303 cm³/mol. The molecular weight excluding hydrogens is 1040 g/mol. The van der Waals surface area contributed by atoms with E-state index < -0.39 is 0 Å². The van der Waals surface area contributed by atoms with Gasteiger partial charge in [-0.3, -0.25) is 39.3 Å².